The number of amides is 2. The van der Waals surface area contributed by atoms with Crippen LogP contribution in [-0.2, 0) is 22.6 Å². The first-order valence-corrected chi connectivity index (χ1v) is 11.4. The Bertz CT molecular complexity index is 824. The van der Waals surface area contributed by atoms with Crippen LogP contribution in [0, 0.1) is 5.92 Å². The summed E-state index contributed by atoms with van der Waals surface area (Å²) < 4.78 is 5.15. The molecule has 3 heterocycles. The van der Waals surface area contributed by atoms with Crippen molar-refractivity contribution in [2.24, 2.45) is 5.92 Å². The van der Waals surface area contributed by atoms with E-state index in [-0.39, 0.29) is 11.8 Å². The zero-order valence-corrected chi connectivity index (χ0v) is 18.7. The molecule has 0 spiro atoms. The number of rotatable bonds is 9. The van der Waals surface area contributed by atoms with E-state index in [9.17, 15) is 9.59 Å². The van der Waals surface area contributed by atoms with Crippen LogP contribution in [0.15, 0.2) is 36.5 Å². The summed E-state index contributed by atoms with van der Waals surface area (Å²) in [5.74, 6) is 0.650. The van der Waals surface area contributed by atoms with Gasteiger partial charge in [0.25, 0.3) is 5.91 Å². The smallest absolute Gasteiger partial charge is 0.263 e. The van der Waals surface area contributed by atoms with E-state index in [0.29, 0.717) is 25.5 Å². The third kappa shape index (κ3) is 6.37. The molecule has 0 bridgehead atoms. The van der Waals surface area contributed by atoms with Crippen LogP contribution in [0.25, 0.3) is 0 Å². The van der Waals surface area contributed by atoms with Crippen molar-refractivity contribution >= 4 is 23.2 Å². The number of piperidine rings is 1. The number of carbonyl (C=O) groups excluding carboxylic acids is 2. The number of thiophene rings is 1. The number of hydrogen-bond acceptors (Lipinski definition) is 5. The van der Waals surface area contributed by atoms with Crippen molar-refractivity contribution in [2.75, 3.05) is 33.8 Å². The van der Waals surface area contributed by atoms with Crippen molar-refractivity contribution in [1.82, 2.24) is 14.8 Å². The zero-order valence-electron chi connectivity index (χ0n) is 17.9. The lowest BCUT2D eigenvalue weighted by Crippen LogP contribution is -2.40. The third-order valence-corrected chi connectivity index (χ3v) is 6.63. The Morgan fingerprint density at radius 3 is 2.93 bits per heavy atom. The minimum absolute atomic E-state index is 0.103. The molecule has 30 heavy (non-hydrogen) atoms. The van der Waals surface area contributed by atoms with E-state index in [1.165, 1.54) is 11.3 Å². The van der Waals surface area contributed by atoms with Crippen LogP contribution in [-0.4, -0.2) is 60.4 Å². The fourth-order valence-corrected chi connectivity index (χ4v) is 4.77. The molecule has 1 saturated heterocycles. The molecule has 0 aromatic carbocycles. The molecule has 3 rings (SSSR count). The minimum Gasteiger partial charge on any atom is -0.379 e. The van der Waals surface area contributed by atoms with Gasteiger partial charge in [0.05, 0.1) is 11.5 Å². The first-order valence-electron chi connectivity index (χ1n) is 10.6. The molecule has 1 aliphatic heterocycles. The largest absolute Gasteiger partial charge is 0.379 e. The van der Waals surface area contributed by atoms with E-state index in [1.807, 2.05) is 42.3 Å². The van der Waals surface area contributed by atoms with Crippen LogP contribution in [0.2, 0.25) is 0 Å². The molecular weight excluding hydrogens is 398 g/mol. The Labute approximate surface area is 182 Å². The van der Waals surface area contributed by atoms with Gasteiger partial charge in [-0.15, -0.1) is 11.3 Å². The predicted octanol–water partition coefficient (Wildman–Crippen LogP) is 3.62. The van der Waals surface area contributed by atoms with Gasteiger partial charge in [-0.3, -0.25) is 14.6 Å². The molecule has 7 heteroatoms. The van der Waals surface area contributed by atoms with Gasteiger partial charge in [-0.2, -0.15) is 0 Å². The van der Waals surface area contributed by atoms with E-state index in [4.69, 9.17) is 4.74 Å². The van der Waals surface area contributed by atoms with Gasteiger partial charge >= 0.3 is 0 Å². The lowest BCUT2D eigenvalue weighted by Gasteiger charge is -2.32. The molecular formula is C23H31N3O3S. The van der Waals surface area contributed by atoms with Gasteiger partial charge in [0.1, 0.15) is 0 Å². The number of hydrogen-bond donors (Lipinski definition) is 0. The van der Waals surface area contributed by atoms with Crippen molar-refractivity contribution < 1.29 is 14.3 Å². The quantitative estimate of drug-likeness (QED) is 0.611. The van der Waals surface area contributed by atoms with Crippen LogP contribution in [0.5, 0.6) is 0 Å². The molecule has 1 atom stereocenters. The molecule has 1 fully saturated rings. The summed E-state index contributed by atoms with van der Waals surface area (Å²) in [5.41, 5.74) is 1.00. The van der Waals surface area contributed by atoms with E-state index in [1.54, 1.807) is 18.2 Å². The van der Waals surface area contributed by atoms with Crippen LogP contribution in [0.3, 0.4) is 0 Å². The zero-order chi connectivity index (χ0) is 21.3. The average molecular weight is 430 g/mol. The summed E-state index contributed by atoms with van der Waals surface area (Å²) in [6.45, 7) is 2.75. The Morgan fingerprint density at radius 2 is 2.17 bits per heavy atom. The van der Waals surface area contributed by atoms with Crippen molar-refractivity contribution in [2.45, 2.75) is 38.7 Å². The molecule has 2 amide bonds. The normalized spacial score (nSPS) is 16.5. The van der Waals surface area contributed by atoms with Crippen molar-refractivity contribution in [3.8, 4) is 0 Å². The maximum Gasteiger partial charge on any atom is 0.263 e. The fourth-order valence-electron chi connectivity index (χ4n) is 3.83. The SMILES string of the molecule is COCc1ccc(C(=O)N2CCCC(CCC(=O)N(C)CCc3ccccn3)C2)s1. The number of ether oxygens (including phenoxy) is 1. The third-order valence-electron chi connectivity index (χ3n) is 5.59. The Kier molecular flexibility index (Phi) is 8.39. The highest BCUT2D eigenvalue weighted by molar-refractivity contribution is 7.14. The first-order chi connectivity index (χ1) is 14.6. The molecule has 1 unspecified atom stereocenters. The lowest BCUT2D eigenvalue weighted by atomic mass is 9.93. The second-order valence-electron chi connectivity index (χ2n) is 7.88. The summed E-state index contributed by atoms with van der Waals surface area (Å²) in [7, 11) is 3.52. The fraction of sp³-hybridized carbons (Fsp3) is 0.522. The van der Waals surface area contributed by atoms with Crippen LogP contribution >= 0.6 is 11.3 Å². The number of pyridine rings is 1. The number of nitrogens with zero attached hydrogens (tertiary/aromatic N) is 3. The van der Waals surface area contributed by atoms with Crippen molar-refractivity contribution in [1.29, 1.82) is 0 Å². The highest BCUT2D eigenvalue weighted by Crippen LogP contribution is 2.25. The molecule has 2 aromatic rings. The Balaban J connectivity index is 1.43. The number of likely N-dealkylation sites (tertiary alicyclic amines) is 1. The highest BCUT2D eigenvalue weighted by Gasteiger charge is 2.26. The van der Waals surface area contributed by atoms with Crippen molar-refractivity contribution in [3.05, 3.63) is 52.0 Å². The summed E-state index contributed by atoms with van der Waals surface area (Å²) in [6.07, 6.45) is 5.98. The maximum absolute atomic E-state index is 12.8. The summed E-state index contributed by atoms with van der Waals surface area (Å²) in [5, 5.41) is 0. The lowest BCUT2D eigenvalue weighted by molar-refractivity contribution is -0.130. The minimum atomic E-state index is 0.103. The van der Waals surface area contributed by atoms with E-state index < -0.39 is 0 Å². The van der Waals surface area contributed by atoms with Crippen LogP contribution in [0.1, 0.15) is 45.9 Å². The molecule has 2 aromatic heterocycles. The molecule has 0 radical (unpaired) electrons. The van der Waals surface area contributed by atoms with Gasteiger partial charge < -0.3 is 14.5 Å². The molecule has 1 aliphatic rings. The molecule has 6 nitrogen and oxygen atoms in total. The monoisotopic (exact) mass is 429 g/mol. The average Bonchev–Trinajstić information content (AvgIpc) is 3.25. The van der Waals surface area contributed by atoms with Gasteiger partial charge in [0.15, 0.2) is 0 Å². The number of carbonyl (C=O) groups is 2. The Morgan fingerprint density at radius 1 is 1.30 bits per heavy atom. The van der Waals surface area contributed by atoms with E-state index >= 15 is 0 Å². The van der Waals surface area contributed by atoms with Crippen molar-refractivity contribution in [3.63, 3.8) is 0 Å². The van der Waals surface area contributed by atoms with Gasteiger partial charge in [-0.05, 0) is 49.4 Å². The predicted molar refractivity (Wildman–Crippen MR) is 118 cm³/mol. The van der Waals surface area contributed by atoms with Crippen LogP contribution < -0.4 is 0 Å². The number of methoxy groups -OCH3 is 1. The number of aromatic nitrogens is 1. The molecule has 0 aliphatic carbocycles. The maximum atomic E-state index is 12.8. The molecule has 162 valence electrons. The summed E-state index contributed by atoms with van der Waals surface area (Å²) in [4.78, 5) is 35.3. The highest BCUT2D eigenvalue weighted by atomic mass is 32.1. The standard InChI is InChI=1S/C23H31N3O3S/c1-25(15-12-19-7-3-4-13-24-19)22(27)11-8-18-6-5-14-26(16-18)23(28)21-10-9-20(30-21)17-29-2/h3-4,7,9-10,13,18H,5-6,8,11-12,14-17H2,1-2H3. The van der Waals surface area contributed by atoms with Crippen LogP contribution in [0.4, 0.5) is 0 Å². The second kappa shape index (κ2) is 11.2. The summed E-state index contributed by atoms with van der Waals surface area (Å²) in [6, 6.07) is 9.70. The molecule has 0 N–H and O–H groups in total. The Hall–Kier alpha value is -2.25. The van der Waals surface area contributed by atoms with Gasteiger partial charge in [0, 0.05) is 63.4 Å². The first kappa shape index (κ1) is 22.4. The second-order valence-corrected chi connectivity index (χ2v) is 9.05. The van der Waals surface area contributed by atoms with Gasteiger partial charge in [0.2, 0.25) is 5.91 Å². The summed E-state index contributed by atoms with van der Waals surface area (Å²) >= 11 is 1.50. The van der Waals surface area contributed by atoms with E-state index in [2.05, 4.69) is 4.98 Å². The number of likely N-dealkylation sites (N-methyl/N-ethyl adjacent to an activating group) is 1. The van der Waals surface area contributed by atoms with E-state index in [0.717, 1.165) is 54.2 Å². The topological polar surface area (TPSA) is 62.7 Å². The molecule has 0 saturated carbocycles. The van der Waals surface area contributed by atoms with Gasteiger partial charge in [-0.25, -0.2) is 0 Å². The van der Waals surface area contributed by atoms with Gasteiger partial charge in [-0.1, -0.05) is 6.07 Å².